The fourth-order valence-electron chi connectivity index (χ4n) is 5.24. The number of thioether (sulfide) groups is 1. The first-order chi connectivity index (χ1) is 15.1. The van der Waals surface area contributed by atoms with E-state index in [-0.39, 0.29) is 29.6 Å². The van der Waals surface area contributed by atoms with Gasteiger partial charge in [0.05, 0.1) is 11.8 Å². The summed E-state index contributed by atoms with van der Waals surface area (Å²) in [6, 6.07) is 7.18. The summed E-state index contributed by atoms with van der Waals surface area (Å²) in [7, 11) is 0. The molecule has 2 aliphatic heterocycles. The Hall–Kier alpha value is -2.02. The van der Waals surface area contributed by atoms with Crippen molar-refractivity contribution in [3.63, 3.8) is 0 Å². The highest BCUT2D eigenvalue weighted by molar-refractivity contribution is 7.98. The zero-order chi connectivity index (χ0) is 21.8. The minimum absolute atomic E-state index is 0.142. The van der Waals surface area contributed by atoms with E-state index < -0.39 is 6.04 Å². The van der Waals surface area contributed by atoms with Gasteiger partial charge in [0.25, 0.3) is 0 Å². The van der Waals surface area contributed by atoms with E-state index in [0.717, 1.165) is 44.5 Å². The highest BCUT2D eigenvalue weighted by Gasteiger charge is 2.51. The van der Waals surface area contributed by atoms with Crippen LogP contribution in [0.1, 0.15) is 51.4 Å². The molecule has 1 aromatic carbocycles. The number of carbonyl (C=O) groups excluding carboxylic acids is 3. The van der Waals surface area contributed by atoms with E-state index >= 15 is 0 Å². The number of benzene rings is 1. The van der Waals surface area contributed by atoms with Crippen LogP contribution in [0.5, 0.6) is 0 Å². The largest absolute Gasteiger partial charge is 0.372 e. The number of imide groups is 1. The fraction of sp³-hybridized carbons (Fsp3) is 0.625. The maximum atomic E-state index is 13.2. The number of carbonyl (C=O) groups is 3. The molecule has 3 unspecified atom stereocenters. The van der Waals surface area contributed by atoms with E-state index in [1.165, 1.54) is 29.8 Å². The van der Waals surface area contributed by atoms with Crippen LogP contribution >= 0.6 is 11.8 Å². The van der Waals surface area contributed by atoms with Crippen LogP contribution in [0.3, 0.4) is 0 Å². The molecule has 3 amide bonds. The lowest BCUT2D eigenvalue weighted by molar-refractivity contribution is -0.146. The van der Waals surface area contributed by atoms with Crippen molar-refractivity contribution in [1.82, 2.24) is 4.90 Å². The van der Waals surface area contributed by atoms with Crippen LogP contribution in [0.25, 0.3) is 0 Å². The summed E-state index contributed by atoms with van der Waals surface area (Å²) >= 11 is 1.62. The van der Waals surface area contributed by atoms with Crippen molar-refractivity contribution >= 4 is 40.9 Å². The zero-order valence-corrected chi connectivity index (χ0v) is 19.2. The lowest BCUT2D eigenvalue weighted by Crippen LogP contribution is -2.48. The monoisotopic (exact) mass is 443 g/mol. The number of piperidine rings is 1. The number of nitrogens with one attached hydrogen (secondary N) is 1. The number of anilines is 2. The second-order valence-electron chi connectivity index (χ2n) is 8.93. The molecule has 31 heavy (non-hydrogen) atoms. The molecule has 0 aromatic heterocycles. The molecule has 3 fully saturated rings. The third-order valence-corrected chi connectivity index (χ3v) is 7.58. The minimum Gasteiger partial charge on any atom is -0.372 e. The van der Waals surface area contributed by atoms with Crippen molar-refractivity contribution < 1.29 is 14.4 Å². The van der Waals surface area contributed by atoms with Crippen molar-refractivity contribution in [2.24, 2.45) is 11.8 Å². The van der Waals surface area contributed by atoms with Gasteiger partial charge in [-0.25, -0.2) is 0 Å². The van der Waals surface area contributed by atoms with Crippen molar-refractivity contribution in [2.45, 2.75) is 57.4 Å². The normalized spacial score (nSPS) is 24.8. The van der Waals surface area contributed by atoms with E-state index in [4.69, 9.17) is 0 Å². The predicted octanol–water partition coefficient (Wildman–Crippen LogP) is 3.91. The molecule has 1 N–H and O–H groups in total. The van der Waals surface area contributed by atoms with Gasteiger partial charge < -0.3 is 10.2 Å². The molecule has 4 rings (SSSR count). The van der Waals surface area contributed by atoms with Gasteiger partial charge in [-0.3, -0.25) is 19.3 Å². The molecule has 0 bridgehead atoms. The summed E-state index contributed by atoms with van der Waals surface area (Å²) in [5.41, 5.74) is 1.88. The maximum Gasteiger partial charge on any atom is 0.247 e. The molecule has 3 aliphatic rings. The van der Waals surface area contributed by atoms with Crippen LogP contribution in [0, 0.1) is 11.8 Å². The predicted molar refractivity (Wildman–Crippen MR) is 125 cm³/mol. The molecule has 1 aromatic rings. The van der Waals surface area contributed by atoms with Gasteiger partial charge in [-0.2, -0.15) is 11.8 Å². The lowest BCUT2D eigenvalue weighted by atomic mass is 9.81. The number of amides is 3. The van der Waals surface area contributed by atoms with Gasteiger partial charge in [0.15, 0.2) is 0 Å². The summed E-state index contributed by atoms with van der Waals surface area (Å²) < 4.78 is 0. The number of hydrogen-bond acceptors (Lipinski definition) is 5. The van der Waals surface area contributed by atoms with Gasteiger partial charge in [0, 0.05) is 24.5 Å². The molecule has 1 aliphatic carbocycles. The third kappa shape index (κ3) is 4.76. The Balaban J connectivity index is 1.47. The molecule has 168 valence electrons. The number of fused-ring (bicyclic) bond motifs is 1. The molecule has 2 saturated heterocycles. The van der Waals surface area contributed by atoms with Gasteiger partial charge in [-0.05, 0) is 74.8 Å². The van der Waals surface area contributed by atoms with Gasteiger partial charge in [-0.1, -0.05) is 12.8 Å². The van der Waals surface area contributed by atoms with Gasteiger partial charge in [0.1, 0.15) is 6.04 Å². The second kappa shape index (κ2) is 10.1. The van der Waals surface area contributed by atoms with Crippen LogP contribution in [0.2, 0.25) is 0 Å². The van der Waals surface area contributed by atoms with Crippen LogP contribution in [0.15, 0.2) is 24.3 Å². The Labute approximate surface area is 189 Å². The Morgan fingerprint density at radius 1 is 1.00 bits per heavy atom. The highest BCUT2D eigenvalue weighted by Crippen LogP contribution is 2.39. The number of nitrogens with zero attached hydrogens (tertiary/aromatic N) is 2. The quantitative estimate of drug-likeness (QED) is 0.647. The topological polar surface area (TPSA) is 69.7 Å². The van der Waals surface area contributed by atoms with E-state index in [0.29, 0.717) is 12.1 Å². The van der Waals surface area contributed by atoms with E-state index in [1.807, 2.05) is 30.5 Å². The molecule has 3 atom stereocenters. The molecule has 0 spiro atoms. The standard InChI is InChI=1S/C24H33N3O3S/c1-31-16-13-21(27-23(29)19-7-3-4-8-20(19)24(27)30)22(28)25-17-9-11-18(12-10-17)26-14-5-2-6-15-26/h9-12,19-21H,2-8,13-16H2,1H3,(H,25,28). The van der Waals surface area contributed by atoms with Crippen molar-refractivity contribution in [1.29, 1.82) is 0 Å². The zero-order valence-electron chi connectivity index (χ0n) is 18.3. The Morgan fingerprint density at radius 2 is 1.61 bits per heavy atom. The van der Waals surface area contributed by atoms with Gasteiger partial charge in [0.2, 0.25) is 17.7 Å². The van der Waals surface area contributed by atoms with Crippen molar-refractivity contribution in [3.05, 3.63) is 24.3 Å². The van der Waals surface area contributed by atoms with Crippen LogP contribution < -0.4 is 10.2 Å². The smallest absolute Gasteiger partial charge is 0.247 e. The molecular weight excluding hydrogens is 410 g/mol. The van der Waals surface area contributed by atoms with Gasteiger partial charge >= 0.3 is 0 Å². The molecule has 0 radical (unpaired) electrons. The molecule has 6 nitrogen and oxygen atoms in total. The average Bonchev–Trinajstić information content (AvgIpc) is 3.06. The SMILES string of the molecule is CSCCC(C(=O)Nc1ccc(N2CCCCC2)cc1)N1C(=O)C2CCCCC2C1=O. The fourth-order valence-corrected chi connectivity index (χ4v) is 5.69. The first-order valence-corrected chi connectivity index (χ1v) is 13.0. The summed E-state index contributed by atoms with van der Waals surface area (Å²) in [5, 5.41) is 2.97. The Kier molecular flexibility index (Phi) is 7.20. The Bertz CT molecular complexity index is 783. The Morgan fingerprint density at radius 3 is 2.19 bits per heavy atom. The lowest BCUT2D eigenvalue weighted by Gasteiger charge is -2.29. The number of hydrogen-bond donors (Lipinski definition) is 1. The third-order valence-electron chi connectivity index (χ3n) is 6.94. The van der Waals surface area contributed by atoms with Crippen molar-refractivity contribution in [3.8, 4) is 0 Å². The number of rotatable bonds is 7. The van der Waals surface area contributed by atoms with E-state index in [1.54, 1.807) is 11.8 Å². The number of likely N-dealkylation sites (tertiary alicyclic amines) is 1. The molecular formula is C24H33N3O3S. The first-order valence-electron chi connectivity index (χ1n) is 11.6. The first kappa shape index (κ1) is 22.2. The minimum atomic E-state index is -0.736. The maximum absolute atomic E-state index is 13.2. The van der Waals surface area contributed by atoms with Gasteiger partial charge in [-0.15, -0.1) is 0 Å². The van der Waals surface area contributed by atoms with Crippen LogP contribution in [-0.2, 0) is 14.4 Å². The highest BCUT2D eigenvalue weighted by atomic mass is 32.2. The average molecular weight is 444 g/mol. The van der Waals surface area contributed by atoms with Crippen LogP contribution in [0.4, 0.5) is 11.4 Å². The van der Waals surface area contributed by atoms with Crippen LogP contribution in [-0.4, -0.2) is 53.8 Å². The van der Waals surface area contributed by atoms with E-state index in [9.17, 15) is 14.4 Å². The second-order valence-corrected chi connectivity index (χ2v) is 9.91. The van der Waals surface area contributed by atoms with E-state index in [2.05, 4.69) is 10.2 Å². The summed E-state index contributed by atoms with van der Waals surface area (Å²) in [5.74, 6) is -0.282. The molecule has 7 heteroatoms. The summed E-state index contributed by atoms with van der Waals surface area (Å²) in [6.07, 6.45) is 9.68. The van der Waals surface area contributed by atoms with Crippen molar-refractivity contribution in [2.75, 3.05) is 35.3 Å². The molecule has 2 heterocycles. The summed E-state index contributed by atoms with van der Waals surface area (Å²) in [4.78, 5) is 43.0. The summed E-state index contributed by atoms with van der Waals surface area (Å²) in [6.45, 7) is 2.15. The molecule has 1 saturated carbocycles.